The van der Waals surface area contributed by atoms with Crippen LogP contribution in [0, 0.1) is 5.82 Å². The lowest BCUT2D eigenvalue weighted by molar-refractivity contribution is 0.527. The van der Waals surface area contributed by atoms with Gasteiger partial charge in [0.2, 0.25) is 0 Å². The van der Waals surface area contributed by atoms with Gasteiger partial charge in [0.1, 0.15) is 5.82 Å². The smallest absolute Gasteiger partial charge is 0.146 e. The van der Waals surface area contributed by atoms with Crippen LogP contribution in [-0.2, 0) is 5.54 Å². The lowest BCUT2D eigenvalue weighted by Crippen LogP contribution is -2.35. The minimum absolute atomic E-state index is 0.410. The van der Waals surface area contributed by atoms with Gasteiger partial charge in [-0.3, -0.25) is 4.98 Å². The highest BCUT2D eigenvalue weighted by Crippen LogP contribution is 2.28. The monoisotopic (exact) mass is 250 g/mol. The van der Waals surface area contributed by atoms with Crippen LogP contribution in [0.15, 0.2) is 42.7 Å². The van der Waals surface area contributed by atoms with Crippen LogP contribution >= 0.6 is 11.6 Å². The number of rotatable bonds is 2. The maximum Gasteiger partial charge on any atom is 0.146 e. The second-order valence-electron chi connectivity index (χ2n) is 4.06. The first-order valence-corrected chi connectivity index (χ1v) is 5.54. The molecule has 2 N–H and O–H groups in total. The van der Waals surface area contributed by atoms with Crippen molar-refractivity contribution in [3.8, 4) is 0 Å². The Morgan fingerprint density at radius 1 is 1.24 bits per heavy atom. The summed E-state index contributed by atoms with van der Waals surface area (Å²) >= 11 is 5.81. The Balaban J connectivity index is 2.49. The molecular weight excluding hydrogens is 239 g/mol. The fourth-order valence-electron chi connectivity index (χ4n) is 1.75. The van der Waals surface area contributed by atoms with Gasteiger partial charge in [0.05, 0.1) is 11.7 Å². The molecule has 0 aliphatic rings. The predicted octanol–water partition coefficient (Wildman–Crippen LogP) is 3.10. The van der Waals surface area contributed by atoms with Gasteiger partial charge >= 0.3 is 0 Å². The molecule has 1 atom stereocenters. The number of hydrogen-bond donors (Lipinski definition) is 1. The third-order valence-corrected chi connectivity index (χ3v) is 3.03. The average Bonchev–Trinajstić information content (AvgIpc) is 2.30. The number of hydrogen-bond acceptors (Lipinski definition) is 2. The Labute approximate surface area is 104 Å². The topological polar surface area (TPSA) is 38.9 Å². The minimum Gasteiger partial charge on any atom is -0.318 e. The second-order valence-corrected chi connectivity index (χ2v) is 4.50. The van der Waals surface area contributed by atoms with Crippen LogP contribution in [0.3, 0.4) is 0 Å². The first-order valence-electron chi connectivity index (χ1n) is 5.17. The molecule has 2 aromatic rings. The van der Waals surface area contributed by atoms with Crippen LogP contribution in [0.5, 0.6) is 0 Å². The second kappa shape index (κ2) is 4.43. The van der Waals surface area contributed by atoms with Gasteiger partial charge < -0.3 is 5.73 Å². The van der Waals surface area contributed by atoms with Gasteiger partial charge in [-0.25, -0.2) is 4.39 Å². The van der Waals surface area contributed by atoms with Crippen molar-refractivity contribution in [3.63, 3.8) is 0 Å². The van der Waals surface area contributed by atoms with Crippen molar-refractivity contribution < 1.29 is 4.39 Å². The molecule has 0 saturated carbocycles. The van der Waals surface area contributed by atoms with Crippen molar-refractivity contribution in [2.75, 3.05) is 0 Å². The van der Waals surface area contributed by atoms with Crippen LogP contribution in [0.2, 0.25) is 5.02 Å². The van der Waals surface area contributed by atoms with Gasteiger partial charge in [-0.15, -0.1) is 0 Å². The van der Waals surface area contributed by atoms with E-state index in [1.165, 1.54) is 6.20 Å². The molecule has 1 heterocycles. The molecule has 0 aliphatic heterocycles. The van der Waals surface area contributed by atoms with E-state index in [1.54, 1.807) is 37.3 Å². The first kappa shape index (κ1) is 12.0. The van der Waals surface area contributed by atoms with Crippen molar-refractivity contribution in [1.82, 2.24) is 4.98 Å². The summed E-state index contributed by atoms with van der Waals surface area (Å²) in [6, 6.07) is 8.65. The highest BCUT2D eigenvalue weighted by atomic mass is 35.5. The first-order chi connectivity index (χ1) is 8.01. The maximum atomic E-state index is 13.7. The Kier molecular flexibility index (Phi) is 3.13. The van der Waals surface area contributed by atoms with Crippen molar-refractivity contribution in [1.29, 1.82) is 0 Å². The maximum absolute atomic E-state index is 13.7. The third-order valence-electron chi connectivity index (χ3n) is 2.78. The van der Waals surface area contributed by atoms with Crippen molar-refractivity contribution >= 4 is 11.6 Å². The molecular formula is C13H12ClFN2. The van der Waals surface area contributed by atoms with Crippen LogP contribution in [0.1, 0.15) is 18.1 Å². The van der Waals surface area contributed by atoms with Gasteiger partial charge in [-0.2, -0.15) is 0 Å². The van der Waals surface area contributed by atoms with Crippen molar-refractivity contribution in [3.05, 3.63) is 64.7 Å². The van der Waals surface area contributed by atoms with Gasteiger partial charge in [-0.1, -0.05) is 23.7 Å². The molecule has 1 aromatic heterocycles. The summed E-state index contributed by atoms with van der Waals surface area (Å²) in [6.45, 7) is 1.76. The predicted molar refractivity (Wildman–Crippen MR) is 66.3 cm³/mol. The van der Waals surface area contributed by atoms with E-state index < -0.39 is 11.4 Å². The molecule has 88 valence electrons. The Hall–Kier alpha value is -1.45. The van der Waals surface area contributed by atoms with Crippen LogP contribution < -0.4 is 5.73 Å². The van der Waals surface area contributed by atoms with Gasteiger partial charge in [-0.05, 0) is 30.7 Å². The summed E-state index contributed by atoms with van der Waals surface area (Å²) in [6.07, 6.45) is 2.69. The van der Waals surface area contributed by atoms with E-state index in [0.717, 1.165) is 11.8 Å². The molecule has 0 fully saturated rings. The SMILES string of the molecule is CC(N)(c1ccc(Cl)cc1)c1ccncc1F. The largest absolute Gasteiger partial charge is 0.318 e. The van der Waals surface area contributed by atoms with E-state index in [2.05, 4.69) is 4.98 Å². The van der Waals surface area contributed by atoms with Gasteiger partial charge in [0.15, 0.2) is 0 Å². The molecule has 1 unspecified atom stereocenters. The van der Waals surface area contributed by atoms with Crippen LogP contribution in [0.4, 0.5) is 4.39 Å². The van der Waals surface area contributed by atoms with Crippen molar-refractivity contribution in [2.45, 2.75) is 12.5 Å². The zero-order valence-electron chi connectivity index (χ0n) is 9.32. The van der Waals surface area contributed by atoms with Crippen molar-refractivity contribution in [2.24, 2.45) is 5.73 Å². The summed E-state index contributed by atoms with van der Waals surface area (Å²) < 4.78 is 13.7. The number of aromatic nitrogens is 1. The summed E-state index contributed by atoms with van der Waals surface area (Å²) in [7, 11) is 0. The van der Waals surface area contributed by atoms with E-state index in [-0.39, 0.29) is 0 Å². The minimum atomic E-state index is -0.905. The zero-order chi connectivity index (χ0) is 12.5. The summed E-state index contributed by atoms with van der Waals surface area (Å²) in [5, 5.41) is 0.625. The Morgan fingerprint density at radius 3 is 2.47 bits per heavy atom. The highest BCUT2D eigenvalue weighted by molar-refractivity contribution is 6.30. The van der Waals surface area contributed by atoms with E-state index in [9.17, 15) is 4.39 Å². The average molecular weight is 251 g/mol. The molecule has 1 aromatic carbocycles. The number of nitrogens with two attached hydrogens (primary N) is 1. The summed E-state index contributed by atoms with van der Waals surface area (Å²) in [4.78, 5) is 3.71. The van der Waals surface area contributed by atoms with E-state index in [1.807, 2.05) is 0 Å². The molecule has 2 rings (SSSR count). The molecule has 17 heavy (non-hydrogen) atoms. The molecule has 0 spiro atoms. The zero-order valence-corrected chi connectivity index (χ0v) is 10.1. The molecule has 0 saturated heterocycles. The molecule has 0 amide bonds. The van der Waals surface area contributed by atoms with Gasteiger partial charge in [0, 0.05) is 16.8 Å². The molecule has 4 heteroatoms. The van der Waals surface area contributed by atoms with E-state index >= 15 is 0 Å². The lowest BCUT2D eigenvalue weighted by atomic mass is 9.86. The number of nitrogens with zero attached hydrogens (tertiary/aromatic N) is 1. The van der Waals surface area contributed by atoms with E-state index in [0.29, 0.717) is 10.6 Å². The standard InChI is InChI=1S/C13H12ClFN2/c1-13(16,9-2-4-10(14)5-3-9)11-6-7-17-8-12(11)15/h2-8H,16H2,1H3. The van der Waals surface area contributed by atoms with E-state index in [4.69, 9.17) is 17.3 Å². The van der Waals surface area contributed by atoms with Crippen LogP contribution in [0.25, 0.3) is 0 Å². The normalized spacial score (nSPS) is 14.4. The highest BCUT2D eigenvalue weighted by Gasteiger charge is 2.26. The molecule has 0 radical (unpaired) electrons. The Bertz CT molecular complexity index is 523. The summed E-state index contributed by atoms with van der Waals surface area (Å²) in [5.74, 6) is -0.410. The third kappa shape index (κ3) is 2.30. The summed E-state index contributed by atoms with van der Waals surface area (Å²) in [5.41, 5.74) is 6.50. The quantitative estimate of drug-likeness (QED) is 0.890. The lowest BCUT2D eigenvalue weighted by Gasteiger charge is -2.26. The number of halogens is 2. The van der Waals surface area contributed by atoms with Crippen LogP contribution in [-0.4, -0.2) is 4.98 Å². The fourth-order valence-corrected chi connectivity index (χ4v) is 1.87. The molecule has 0 bridgehead atoms. The molecule has 0 aliphatic carbocycles. The molecule has 2 nitrogen and oxygen atoms in total. The number of benzene rings is 1. The number of pyridine rings is 1. The fraction of sp³-hybridized carbons (Fsp3) is 0.154. The Morgan fingerprint density at radius 2 is 1.88 bits per heavy atom. The van der Waals surface area contributed by atoms with Gasteiger partial charge in [0.25, 0.3) is 0 Å².